The maximum absolute atomic E-state index is 5.12. The first-order valence-corrected chi connectivity index (χ1v) is 6.93. The number of nitrogens with zero attached hydrogens (tertiary/aromatic N) is 3. The van der Waals surface area contributed by atoms with Crippen molar-refractivity contribution in [2.24, 2.45) is 5.92 Å². The van der Waals surface area contributed by atoms with Crippen molar-refractivity contribution in [2.75, 3.05) is 13.7 Å². The van der Waals surface area contributed by atoms with Crippen molar-refractivity contribution in [3.8, 4) is 0 Å². The lowest BCUT2D eigenvalue weighted by molar-refractivity contribution is 0.184. The number of rotatable bonds is 6. The smallest absolute Gasteiger partial charge is 0.143 e. The maximum atomic E-state index is 5.12. The highest BCUT2D eigenvalue weighted by Crippen LogP contribution is 2.29. The molecule has 0 N–H and O–H groups in total. The zero-order valence-corrected chi connectivity index (χ0v) is 11.2. The number of halogens is 1. The van der Waals surface area contributed by atoms with Crippen LogP contribution in [0.15, 0.2) is 0 Å². The maximum Gasteiger partial charge on any atom is 0.143 e. The fourth-order valence-corrected chi connectivity index (χ4v) is 2.43. The Bertz CT molecular complexity index is 336. The molecule has 2 rings (SSSR count). The van der Waals surface area contributed by atoms with Gasteiger partial charge in [0.2, 0.25) is 0 Å². The molecule has 0 atom stereocenters. The molecule has 1 aliphatic carbocycles. The van der Waals surface area contributed by atoms with Gasteiger partial charge in [-0.2, -0.15) is 0 Å². The molecule has 90 valence electrons. The summed E-state index contributed by atoms with van der Waals surface area (Å²) in [5.74, 6) is 2.95. The standard InChI is InChI=1S/C11H18BrN3O/c1-16-6-5-15-10(7-9-3-2-4-9)13-14-11(15)8-12/h9H,2-8H2,1H3. The molecule has 0 radical (unpaired) electrons. The van der Waals surface area contributed by atoms with Gasteiger partial charge in [0.05, 0.1) is 11.9 Å². The molecule has 5 heteroatoms. The van der Waals surface area contributed by atoms with Crippen molar-refractivity contribution in [1.29, 1.82) is 0 Å². The Hall–Kier alpha value is -0.420. The lowest BCUT2D eigenvalue weighted by Gasteiger charge is -2.24. The van der Waals surface area contributed by atoms with Crippen LogP contribution in [0.2, 0.25) is 0 Å². The minimum Gasteiger partial charge on any atom is -0.383 e. The van der Waals surface area contributed by atoms with Crippen molar-refractivity contribution in [3.63, 3.8) is 0 Å². The Morgan fingerprint density at radius 2 is 2.12 bits per heavy atom. The second kappa shape index (κ2) is 5.77. The highest BCUT2D eigenvalue weighted by atomic mass is 79.9. The Morgan fingerprint density at radius 3 is 2.69 bits per heavy atom. The van der Waals surface area contributed by atoms with Crippen molar-refractivity contribution in [3.05, 3.63) is 11.6 Å². The second-order valence-corrected chi connectivity index (χ2v) is 4.87. The zero-order chi connectivity index (χ0) is 11.4. The summed E-state index contributed by atoms with van der Waals surface area (Å²) in [5.41, 5.74) is 0. The molecule has 1 heterocycles. The van der Waals surface area contributed by atoms with Crippen LogP contribution in [0.1, 0.15) is 30.9 Å². The molecule has 0 amide bonds. The van der Waals surface area contributed by atoms with Crippen LogP contribution in [0, 0.1) is 5.92 Å². The summed E-state index contributed by atoms with van der Waals surface area (Å²) in [5, 5.41) is 9.26. The molecule has 1 aliphatic rings. The van der Waals surface area contributed by atoms with Crippen molar-refractivity contribution in [1.82, 2.24) is 14.8 Å². The SMILES string of the molecule is COCCn1c(CBr)nnc1CC1CCC1. The van der Waals surface area contributed by atoms with Gasteiger partial charge < -0.3 is 9.30 Å². The van der Waals surface area contributed by atoms with Crippen LogP contribution in [0.25, 0.3) is 0 Å². The fraction of sp³-hybridized carbons (Fsp3) is 0.818. The van der Waals surface area contributed by atoms with Gasteiger partial charge in [-0.05, 0) is 5.92 Å². The first-order chi connectivity index (χ1) is 7.85. The van der Waals surface area contributed by atoms with Crippen LogP contribution in [0.4, 0.5) is 0 Å². The molecule has 0 saturated heterocycles. The fourth-order valence-electron chi connectivity index (χ4n) is 2.02. The third-order valence-corrected chi connectivity index (χ3v) is 3.74. The van der Waals surface area contributed by atoms with E-state index in [1.54, 1.807) is 7.11 Å². The van der Waals surface area contributed by atoms with E-state index in [4.69, 9.17) is 4.74 Å². The Kier molecular flexibility index (Phi) is 4.35. The van der Waals surface area contributed by atoms with Gasteiger partial charge in [-0.25, -0.2) is 0 Å². The Labute approximate surface area is 105 Å². The van der Waals surface area contributed by atoms with Crippen LogP contribution in [0.5, 0.6) is 0 Å². The molecule has 1 saturated carbocycles. The molecule has 1 aromatic rings. The molecule has 1 fully saturated rings. The summed E-state index contributed by atoms with van der Waals surface area (Å²) in [6.45, 7) is 1.57. The number of alkyl halides is 1. The lowest BCUT2D eigenvalue weighted by atomic mass is 9.83. The average molecular weight is 288 g/mol. The third-order valence-electron chi connectivity index (χ3n) is 3.24. The van der Waals surface area contributed by atoms with E-state index in [9.17, 15) is 0 Å². The topological polar surface area (TPSA) is 39.9 Å². The van der Waals surface area contributed by atoms with Gasteiger partial charge in [0, 0.05) is 20.1 Å². The second-order valence-electron chi connectivity index (χ2n) is 4.31. The van der Waals surface area contributed by atoms with Crippen LogP contribution in [0.3, 0.4) is 0 Å². The third kappa shape index (κ3) is 2.63. The number of methoxy groups -OCH3 is 1. The molecule has 0 unspecified atom stereocenters. The highest BCUT2D eigenvalue weighted by molar-refractivity contribution is 9.08. The van der Waals surface area contributed by atoms with Gasteiger partial charge in [0.25, 0.3) is 0 Å². The predicted octanol–water partition coefficient (Wildman–Crippen LogP) is 2.16. The summed E-state index contributed by atoms with van der Waals surface area (Å²) < 4.78 is 7.31. The monoisotopic (exact) mass is 287 g/mol. The molecular weight excluding hydrogens is 270 g/mol. The largest absolute Gasteiger partial charge is 0.383 e. The van der Waals surface area contributed by atoms with E-state index < -0.39 is 0 Å². The van der Waals surface area contributed by atoms with E-state index in [2.05, 4.69) is 30.7 Å². The predicted molar refractivity (Wildman–Crippen MR) is 65.6 cm³/mol. The van der Waals surface area contributed by atoms with Gasteiger partial charge in [0.1, 0.15) is 11.6 Å². The minimum absolute atomic E-state index is 0.718. The summed E-state index contributed by atoms with van der Waals surface area (Å²) in [4.78, 5) is 0. The summed E-state index contributed by atoms with van der Waals surface area (Å²) in [7, 11) is 1.73. The van der Waals surface area contributed by atoms with E-state index in [0.29, 0.717) is 0 Å². The first-order valence-electron chi connectivity index (χ1n) is 5.81. The Morgan fingerprint density at radius 1 is 1.38 bits per heavy atom. The number of ether oxygens (including phenoxy) is 1. The normalized spacial score (nSPS) is 16.4. The summed E-state index contributed by atoms with van der Waals surface area (Å²) in [6, 6.07) is 0. The van der Waals surface area contributed by atoms with Crippen LogP contribution in [-0.4, -0.2) is 28.5 Å². The molecule has 4 nitrogen and oxygen atoms in total. The van der Waals surface area contributed by atoms with Crippen molar-refractivity contribution >= 4 is 15.9 Å². The first kappa shape index (κ1) is 12.0. The van der Waals surface area contributed by atoms with E-state index in [1.807, 2.05) is 0 Å². The van der Waals surface area contributed by atoms with Crippen molar-refractivity contribution < 1.29 is 4.74 Å². The summed E-state index contributed by atoms with van der Waals surface area (Å²) >= 11 is 3.45. The number of hydrogen-bond donors (Lipinski definition) is 0. The Balaban J connectivity index is 2.05. The molecule has 0 spiro atoms. The van der Waals surface area contributed by atoms with E-state index in [1.165, 1.54) is 19.3 Å². The molecule has 0 bridgehead atoms. The lowest BCUT2D eigenvalue weighted by Crippen LogP contribution is -2.18. The molecule has 16 heavy (non-hydrogen) atoms. The quantitative estimate of drug-likeness (QED) is 0.753. The number of hydrogen-bond acceptors (Lipinski definition) is 3. The van der Waals surface area contributed by atoms with Gasteiger partial charge >= 0.3 is 0 Å². The average Bonchev–Trinajstić information content (AvgIpc) is 2.62. The van der Waals surface area contributed by atoms with Gasteiger partial charge in [-0.15, -0.1) is 10.2 Å². The van der Waals surface area contributed by atoms with Crippen LogP contribution >= 0.6 is 15.9 Å². The summed E-state index contributed by atoms with van der Waals surface area (Å²) in [6.07, 6.45) is 5.15. The molecule has 1 aromatic heterocycles. The van der Waals surface area contributed by atoms with Gasteiger partial charge in [-0.1, -0.05) is 35.2 Å². The van der Waals surface area contributed by atoms with Gasteiger partial charge in [-0.3, -0.25) is 0 Å². The minimum atomic E-state index is 0.718. The zero-order valence-electron chi connectivity index (χ0n) is 9.65. The van der Waals surface area contributed by atoms with Crippen LogP contribution in [-0.2, 0) is 23.0 Å². The molecule has 0 aliphatic heterocycles. The van der Waals surface area contributed by atoms with Crippen molar-refractivity contribution in [2.45, 2.75) is 37.6 Å². The van der Waals surface area contributed by atoms with E-state index in [0.717, 1.165) is 42.5 Å². The van der Waals surface area contributed by atoms with Gasteiger partial charge in [0.15, 0.2) is 0 Å². The molecule has 0 aromatic carbocycles. The van der Waals surface area contributed by atoms with E-state index >= 15 is 0 Å². The number of aromatic nitrogens is 3. The van der Waals surface area contributed by atoms with E-state index in [-0.39, 0.29) is 0 Å². The van der Waals surface area contributed by atoms with Crippen LogP contribution < -0.4 is 0 Å². The highest BCUT2D eigenvalue weighted by Gasteiger charge is 2.21. The molecular formula is C11H18BrN3O.